The van der Waals surface area contributed by atoms with Crippen LogP contribution in [0.1, 0.15) is 132 Å². The van der Waals surface area contributed by atoms with Gasteiger partial charge in [0.15, 0.2) is 0 Å². The largest absolute Gasteiger partial charge is 0.357 e. The SMILES string of the molecule is CC.CC.CC.Cc1nn(CCCCCC#Cc2cccc(CCCC(=O)NC(=O)C=O)c2F)c2cc(C(=O)Nc3cc4[nH]c(C5CCCN5C)cc4cn3)ccc12. The number of imide groups is 1. The van der Waals surface area contributed by atoms with Crippen LogP contribution in [0.15, 0.2) is 54.7 Å². The highest BCUT2D eigenvalue weighted by Gasteiger charge is 2.24. The number of hydrogen-bond acceptors (Lipinski definition) is 7. The number of carbonyl (C=O) groups excluding carboxylic acids is 4. The summed E-state index contributed by atoms with van der Waals surface area (Å²) in [7, 11) is 2.14. The molecule has 3 aromatic heterocycles. The molecule has 1 saturated heterocycles. The summed E-state index contributed by atoms with van der Waals surface area (Å²) in [5.74, 6) is 4.28. The number of amides is 3. The molecule has 1 atom stereocenters. The first-order chi connectivity index (χ1) is 28.2. The van der Waals surface area contributed by atoms with Gasteiger partial charge in [-0.05, 0) is 88.9 Å². The number of benzene rings is 2. The number of aromatic amines is 1. The molecule has 1 unspecified atom stereocenters. The van der Waals surface area contributed by atoms with Gasteiger partial charge in [0.2, 0.25) is 12.2 Å². The quantitative estimate of drug-likeness (QED) is 0.0467. The Kier molecular flexibility index (Phi) is 19.5. The predicted octanol–water partition coefficient (Wildman–Crippen LogP) is 9.23. The fourth-order valence-electron chi connectivity index (χ4n) is 6.79. The van der Waals surface area contributed by atoms with Crippen molar-refractivity contribution in [1.82, 2.24) is 30.0 Å². The molecule has 6 rings (SSSR count). The molecule has 5 aromatic rings. The number of pyridine rings is 1. The lowest BCUT2D eigenvalue weighted by Gasteiger charge is -2.17. The van der Waals surface area contributed by atoms with E-state index in [0.717, 1.165) is 59.7 Å². The van der Waals surface area contributed by atoms with E-state index in [2.05, 4.69) is 45.1 Å². The molecule has 0 bridgehead atoms. The second kappa shape index (κ2) is 24.2. The van der Waals surface area contributed by atoms with Crippen molar-refractivity contribution in [3.8, 4) is 11.8 Å². The number of anilines is 1. The zero-order valence-electron chi connectivity index (χ0n) is 35.4. The van der Waals surface area contributed by atoms with Crippen molar-refractivity contribution >= 4 is 51.6 Å². The van der Waals surface area contributed by atoms with E-state index in [1.165, 1.54) is 12.1 Å². The van der Waals surface area contributed by atoms with Gasteiger partial charge in [-0.3, -0.25) is 34.1 Å². The average molecular weight is 794 g/mol. The topological polar surface area (TPSA) is 142 Å². The van der Waals surface area contributed by atoms with Crippen molar-refractivity contribution in [3.63, 3.8) is 0 Å². The van der Waals surface area contributed by atoms with Crippen molar-refractivity contribution in [1.29, 1.82) is 0 Å². The maximum Gasteiger partial charge on any atom is 0.290 e. The van der Waals surface area contributed by atoms with Gasteiger partial charge in [0.25, 0.3) is 11.8 Å². The molecule has 0 aliphatic carbocycles. The van der Waals surface area contributed by atoms with Gasteiger partial charge in [0.05, 0.1) is 22.3 Å². The smallest absolute Gasteiger partial charge is 0.290 e. The molecule has 1 aliphatic heterocycles. The molecule has 58 heavy (non-hydrogen) atoms. The van der Waals surface area contributed by atoms with Gasteiger partial charge in [-0.1, -0.05) is 78.0 Å². The summed E-state index contributed by atoms with van der Waals surface area (Å²) in [5, 5.41) is 11.7. The number of nitrogens with one attached hydrogen (secondary N) is 3. The predicted molar refractivity (Wildman–Crippen MR) is 231 cm³/mol. The van der Waals surface area contributed by atoms with E-state index in [0.29, 0.717) is 54.4 Å². The van der Waals surface area contributed by atoms with E-state index in [1.54, 1.807) is 24.4 Å². The Morgan fingerprint density at radius 3 is 2.50 bits per heavy atom. The molecule has 11 nitrogen and oxygen atoms in total. The Balaban J connectivity index is 0.00000143. The number of aryl methyl sites for hydroxylation is 3. The monoisotopic (exact) mass is 793 g/mol. The van der Waals surface area contributed by atoms with Crippen LogP contribution in [0.2, 0.25) is 0 Å². The number of fused-ring (bicyclic) bond motifs is 2. The molecule has 12 heteroatoms. The number of nitrogens with zero attached hydrogens (tertiary/aromatic N) is 4. The number of H-pyrrole nitrogens is 1. The zero-order chi connectivity index (χ0) is 42.6. The third kappa shape index (κ3) is 12.7. The summed E-state index contributed by atoms with van der Waals surface area (Å²) in [6, 6.07) is 15.0. The van der Waals surface area contributed by atoms with E-state index >= 15 is 0 Å². The van der Waals surface area contributed by atoms with Crippen LogP contribution in [-0.2, 0) is 27.3 Å². The van der Waals surface area contributed by atoms with Gasteiger partial charge in [-0.2, -0.15) is 5.10 Å². The lowest BCUT2D eigenvalue weighted by molar-refractivity contribution is -0.136. The van der Waals surface area contributed by atoms with Crippen LogP contribution < -0.4 is 10.6 Å². The van der Waals surface area contributed by atoms with Gasteiger partial charge in [0, 0.05) is 59.7 Å². The molecule has 1 aliphatic rings. The second-order valence-electron chi connectivity index (χ2n) is 13.3. The van der Waals surface area contributed by atoms with Crippen molar-refractivity contribution in [2.75, 3.05) is 18.9 Å². The molecule has 0 spiro atoms. The first-order valence-corrected chi connectivity index (χ1v) is 20.7. The summed E-state index contributed by atoms with van der Waals surface area (Å²) >= 11 is 0. The maximum atomic E-state index is 15.0. The average Bonchev–Trinajstić information content (AvgIpc) is 3.96. The van der Waals surface area contributed by atoms with Crippen LogP contribution in [0.4, 0.5) is 10.2 Å². The summed E-state index contributed by atoms with van der Waals surface area (Å²) in [6.45, 7) is 15.7. The normalized spacial score (nSPS) is 13.2. The molecule has 0 saturated carbocycles. The second-order valence-corrected chi connectivity index (χ2v) is 13.3. The number of unbranched alkanes of at least 4 members (excludes halogenated alkanes) is 3. The first kappa shape index (κ1) is 46.7. The minimum Gasteiger partial charge on any atom is -0.357 e. The van der Waals surface area contributed by atoms with E-state index in [4.69, 9.17) is 5.10 Å². The van der Waals surface area contributed by atoms with Crippen molar-refractivity contribution in [2.24, 2.45) is 0 Å². The number of carbonyl (C=O) groups is 4. The molecule has 3 amide bonds. The third-order valence-electron chi connectivity index (χ3n) is 9.54. The van der Waals surface area contributed by atoms with Gasteiger partial charge < -0.3 is 10.3 Å². The number of aromatic nitrogens is 4. The molecule has 4 heterocycles. The summed E-state index contributed by atoms with van der Waals surface area (Å²) < 4.78 is 16.9. The molecule has 2 aromatic carbocycles. The van der Waals surface area contributed by atoms with Crippen molar-refractivity contribution < 1.29 is 23.6 Å². The van der Waals surface area contributed by atoms with Crippen molar-refractivity contribution in [2.45, 2.75) is 119 Å². The molecule has 3 N–H and O–H groups in total. The fraction of sp³-hybridized carbons (Fsp3) is 0.435. The zero-order valence-corrected chi connectivity index (χ0v) is 35.4. The molecule has 310 valence electrons. The minimum atomic E-state index is -0.990. The van der Waals surface area contributed by atoms with Crippen LogP contribution in [0.3, 0.4) is 0 Å². The van der Waals surface area contributed by atoms with Gasteiger partial charge in [0.1, 0.15) is 11.6 Å². The number of aldehydes is 1. The van der Waals surface area contributed by atoms with E-state index < -0.39 is 17.6 Å². The maximum absolute atomic E-state index is 15.0. The van der Waals surface area contributed by atoms with Crippen LogP contribution in [0.25, 0.3) is 21.8 Å². The summed E-state index contributed by atoms with van der Waals surface area (Å²) in [6.07, 6.45) is 7.98. The Bertz CT molecular complexity index is 2200. The number of hydrogen-bond donors (Lipinski definition) is 3. The van der Waals surface area contributed by atoms with E-state index in [-0.39, 0.29) is 18.6 Å². The van der Waals surface area contributed by atoms with Gasteiger partial charge in [-0.15, -0.1) is 0 Å². The standard InChI is InChI=1S/C40H42FN7O4.3C2H6/c1-26-31-18-17-29(40(52)44-36-23-32-30(24-42-36)21-33(43-32)34-15-10-19-47(34)2)22-35(31)48(46-26)20-7-5-3-4-6-11-27-12-8-13-28(39(27)41)14-9-16-37(50)45-38(51)25-49;3*1-2/h8,12-13,17-18,21-25,34,43H,3-5,7,9-10,14-16,19-20H2,1-2H3,(H,42,44,52)(H,45,50,51);3*1-2H3. The Labute approximate surface area is 342 Å². The molecular weight excluding hydrogens is 734 g/mol. The van der Waals surface area contributed by atoms with Crippen LogP contribution in [-0.4, -0.2) is 62.2 Å². The number of likely N-dealkylation sites (tertiary alicyclic amines) is 1. The highest BCUT2D eigenvalue weighted by Crippen LogP contribution is 2.32. The van der Waals surface area contributed by atoms with Gasteiger partial charge >= 0.3 is 0 Å². The Hall–Kier alpha value is -5.67. The lowest BCUT2D eigenvalue weighted by atomic mass is 10.0. The third-order valence-corrected chi connectivity index (χ3v) is 9.54. The summed E-state index contributed by atoms with van der Waals surface area (Å²) in [4.78, 5) is 56.7. The Morgan fingerprint density at radius 1 is 1.00 bits per heavy atom. The van der Waals surface area contributed by atoms with Crippen LogP contribution in [0.5, 0.6) is 0 Å². The van der Waals surface area contributed by atoms with Crippen LogP contribution in [0, 0.1) is 24.6 Å². The highest BCUT2D eigenvalue weighted by atomic mass is 19.1. The minimum absolute atomic E-state index is 0.00236. The number of rotatable bonds is 13. The first-order valence-electron chi connectivity index (χ1n) is 20.7. The van der Waals surface area contributed by atoms with E-state index in [9.17, 15) is 23.6 Å². The molecule has 1 fully saturated rings. The van der Waals surface area contributed by atoms with Crippen molar-refractivity contribution in [3.05, 3.63) is 88.6 Å². The highest BCUT2D eigenvalue weighted by molar-refractivity contribution is 6.27. The number of halogens is 1. The van der Waals surface area contributed by atoms with Gasteiger partial charge in [-0.25, -0.2) is 9.37 Å². The lowest BCUT2D eigenvalue weighted by Crippen LogP contribution is -2.30. The fourth-order valence-corrected chi connectivity index (χ4v) is 6.79. The van der Waals surface area contributed by atoms with E-state index in [1.807, 2.05) is 82.7 Å². The molecular formula is C46H60FN7O4. The van der Waals surface area contributed by atoms with Crippen LogP contribution >= 0.6 is 0 Å². The molecule has 0 radical (unpaired) electrons. The Morgan fingerprint density at radius 2 is 1.78 bits per heavy atom. The summed E-state index contributed by atoms with van der Waals surface area (Å²) in [5.41, 5.74) is 5.19.